The number of hydrogen-bond acceptors (Lipinski definition) is 6. The lowest BCUT2D eigenvalue weighted by Gasteiger charge is -2.29. The molecular weight excluding hydrogens is 363 g/mol. The van der Waals surface area contributed by atoms with Crippen LogP contribution < -0.4 is 4.90 Å². The molecule has 1 saturated heterocycles. The topological polar surface area (TPSA) is 96.9 Å². The van der Waals surface area contributed by atoms with Crippen molar-refractivity contribution < 1.29 is 13.9 Å². The molecule has 0 radical (unpaired) electrons. The second-order valence-electron chi connectivity index (χ2n) is 5.57. The number of halogens is 2. The van der Waals surface area contributed by atoms with Crippen molar-refractivity contribution in [2.75, 3.05) is 11.4 Å². The zero-order valence-electron chi connectivity index (χ0n) is 13.3. The van der Waals surface area contributed by atoms with Gasteiger partial charge in [-0.2, -0.15) is 4.98 Å². The first-order valence-electron chi connectivity index (χ1n) is 7.73. The largest absolute Gasteiger partial charge is 0.441 e. The number of nitrogens with one attached hydrogen (secondary N) is 1. The number of ether oxygens (including phenoxy) is 1. The van der Waals surface area contributed by atoms with E-state index in [1.54, 1.807) is 24.5 Å². The van der Waals surface area contributed by atoms with Crippen molar-refractivity contribution in [1.82, 2.24) is 25.1 Å². The highest BCUT2D eigenvalue weighted by atomic mass is 35.5. The van der Waals surface area contributed by atoms with Crippen molar-refractivity contribution in [2.24, 2.45) is 0 Å². The van der Waals surface area contributed by atoms with Crippen LogP contribution in [0.3, 0.4) is 0 Å². The van der Waals surface area contributed by atoms with Crippen LogP contribution in [0.2, 0.25) is 5.15 Å². The molecule has 0 aliphatic carbocycles. The van der Waals surface area contributed by atoms with Crippen molar-refractivity contribution >= 4 is 23.6 Å². The van der Waals surface area contributed by atoms with Gasteiger partial charge in [0.1, 0.15) is 6.10 Å². The molecule has 0 bridgehead atoms. The number of hydrogen-bond donors (Lipinski definition) is 1. The minimum Gasteiger partial charge on any atom is -0.441 e. The molecule has 132 valence electrons. The molecule has 0 spiro atoms. The molecule has 3 aromatic heterocycles. The maximum atomic E-state index is 13.6. The van der Waals surface area contributed by atoms with E-state index >= 15 is 0 Å². The molecule has 1 aliphatic heterocycles. The van der Waals surface area contributed by atoms with Gasteiger partial charge in [-0.25, -0.2) is 19.1 Å². The van der Waals surface area contributed by atoms with Crippen molar-refractivity contribution in [3.8, 4) is 11.4 Å². The lowest BCUT2D eigenvalue weighted by atomic mass is 10.1. The Hall–Kier alpha value is -3.07. The zero-order chi connectivity index (χ0) is 18.1. The number of H-pyrrole nitrogens is 1. The van der Waals surface area contributed by atoms with Gasteiger partial charge in [-0.3, -0.25) is 10.1 Å². The fraction of sp³-hybridized carbons (Fsp3) is 0.188. The summed E-state index contributed by atoms with van der Waals surface area (Å²) in [6.45, 7) is 0.321. The molecule has 3 aromatic rings. The van der Waals surface area contributed by atoms with E-state index in [-0.39, 0.29) is 11.1 Å². The second-order valence-corrected chi connectivity index (χ2v) is 5.93. The Labute approximate surface area is 152 Å². The highest BCUT2D eigenvalue weighted by Gasteiger charge is 2.32. The molecule has 1 amide bonds. The summed E-state index contributed by atoms with van der Waals surface area (Å²) in [6.07, 6.45) is 3.89. The molecule has 0 saturated carbocycles. The molecule has 4 rings (SSSR count). The number of rotatable bonds is 3. The molecule has 4 heterocycles. The summed E-state index contributed by atoms with van der Waals surface area (Å²) in [4.78, 5) is 25.7. The molecule has 8 nitrogen and oxygen atoms in total. The molecule has 1 atom stereocenters. The molecule has 10 heteroatoms. The predicted octanol–water partition coefficient (Wildman–Crippen LogP) is 3.14. The van der Waals surface area contributed by atoms with Gasteiger partial charge in [-0.15, -0.1) is 5.10 Å². The number of amides is 1. The number of aromatic amines is 1. The van der Waals surface area contributed by atoms with Crippen LogP contribution in [0.4, 0.5) is 15.1 Å². The maximum absolute atomic E-state index is 13.6. The highest BCUT2D eigenvalue weighted by molar-refractivity contribution is 6.29. The number of pyridine rings is 2. The Kier molecular flexibility index (Phi) is 4.21. The van der Waals surface area contributed by atoms with Gasteiger partial charge in [0.05, 0.1) is 0 Å². The standard InChI is InChI=1S/C16H12ClFN6O2/c17-13-11(18)7-10(8-20-13)12-3-6-24(16(25)26-12)15-21-14(22-23-15)9-1-4-19-5-2-9/h1-2,4-5,7-8,12H,3,6H2,(H,21,22,23). The van der Waals surface area contributed by atoms with Gasteiger partial charge in [-0.1, -0.05) is 11.6 Å². The van der Waals surface area contributed by atoms with E-state index < -0.39 is 18.0 Å². The van der Waals surface area contributed by atoms with Crippen LogP contribution in [0.25, 0.3) is 11.4 Å². The summed E-state index contributed by atoms with van der Waals surface area (Å²) in [5.74, 6) is 0.0700. The van der Waals surface area contributed by atoms with Crippen molar-refractivity contribution in [2.45, 2.75) is 12.5 Å². The molecule has 1 aliphatic rings. The molecule has 26 heavy (non-hydrogen) atoms. The summed E-state index contributed by atoms with van der Waals surface area (Å²) in [6, 6.07) is 4.77. The summed E-state index contributed by atoms with van der Waals surface area (Å²) in [5, 5.41) is 6.63. The first-order valence-corrected chi connectivity index (χ1v) is 8.11. The van der Waals surface area contributed by atoms with Gasteiger partial charge in [-0.05, 0) is 18.2 Å². The van der Waals surface area contributed by atoms with Crippen molar-refractivity contribution in [3.63, 3.8) is 0 Å². The van der Waals surface area contributed by atoms with E-state index in [9.17, 15) is 9.18 Å². The maximum Gasteiger partial charge on any atom is 0.417 e. The third-order valence-corrected chi connectivity index (χ3v) is 4.21. The summed E-state index contributed by atoms with van der Waals surface area (Å²) in [5.41, 5.74) is 1.25. The fourth-order valence-electron chi connectivity index (χ4n) is 2.62. The second kappa shape index (κ2) is 6.68. The zero-order valence-corrected chi connectivity index (χ0v) is 14.0. The SMILES string of the molecule is O=C1OC(c2cnc(Cl)c(F)c2)CCN1c1n[nH]c(-c2ccncc2)n1. The summed E-state index contributed by atoms with van der Waals surface area (Å²) >= 11 is 5.58. The van der Waals surface area contributed by atoms with Gasteiger partial charge in [0.25, 0.3) is 5.95 Å². The molecule has 1 N–H and O–H groups in total. The van der Waals surface area contributed by atoms with E-state index in [1.807, 2.05) is 0 Å². The Morgan fingerprint density at radius 1 is 1.35 bits per heavy atom. The Morgan fingerprint density at radius 2 is 2.15 bits per heavy atom. The van der Waals surface area contributed by atoms with Crippen LogP contribution in [-0.4, -0.2) is 37.8 Å². The van der Waals surface area contributed by atoms with Crippen LogP contribution in [0.5, 0.6) is 0 Å². The van der Waals surface area contributed by atoms with E-state index in [0.29, 0.717) is 24.4 Å². The summed E-state index contributed by atoms with van der Waals surface area (Å²) < 4.78 is 18.9. The average molecular weight is 375 g/mol. The predicted molar refractivity (Wildman–Crippen MR) is 90.0 cm³/mol. The Morgan fingerprint density at radius 3 is 2.88 bits per heavy atom. The Bertz CT molecular complexity index is 951. The van der Waals surface area contributed by atoms with Gasteiger partial charge in [0.2, 0.25) is 0 Å². The monoisotopic (exact) mass is 374 g/mol. The van der Waals surface area contributed by atoms with Crippen LogP contribution in [0.1, 0.15) is 18.1 Å². The van der Waals surface area contributed by atoms with Crippen molar-refractivity contribution in [3.05, 3.63) is 53.3 Å². The molecular formula is C16H12ClFN6O2. The number of carbonyl (C=O) groups is 1. The normalized spacial score (nSPS) is 17.2. The number of anilines is 1. The first-order chi connectivity index (χ1) is 12.6. The number of cyclic esters (lactones) is 1. The minimum absolute atomic E-state index is 0.209. The van der Waals surface area contributed by atoms with Gasteiger partial charge >= 0.3 is 6.09 Å². The van der Waals surface area contributed by atoms with Crippen molar-refractivity contribution in [1.29, 1.82) is 0 Å². The van der Waals surface area contributed by atoms with Gasteiger partial charge in [0.15, 0.2) is 16.8 Å². The molecule has 0 aromatic carbocycles. The van der Waals surface area contributed by atoms with E-state index in [0.717, 1.165) is 5.56 Å². The van der Waals surface area contributed by atoms with Crippen LogP contribution in [-0.2, 0) is 4.74 Å². The smallest absolute Gasteiger partial charge is 0.417 e. The fourth-order valence-corrected chi connectivity index (χ4v) is 2.73. The number of nitrogens with zero attached hydrogens (tertiary/aromatic N) is 5. The van der Waals surface area contributed by atoms with Crippen LogP contribution >= 0.6 is 11.6 Å². The van der Waals surface area contributed by atoms with Crippen LogP contribution in [0, 0.1) is 5.82 Å². The van der Waals surface area contributed by atoms with Gasteiger partial charge in [0, 0.05) is 42.7 Å². The summed E-state index contributed by atoms with van der Waals surface area (Å²) in [7, 11) is 0. The third kappa shape index (κ3) is 3.08. The Balaban J connectivity index is 1.50. The molecule has 1 fully saturated rings. The quantitative estimate of drug-likeness (QED) is 0.707. The molecule has 1 unspecified atom stereocenters. The minimum atomic E-state index is -0.654. The lowest BCUT2D eigenvalue weighted by Crippen LogP contribution is -2.39. The van der Waals surface area contributed by atoms with Crippen LogP contribution in [0.15, 0.2) is 36.8 Å². The van der Waals surface area contributed by atoms with Gasteiger partial charge < -0.3 is 4.74 Å². The lowest BCUT2D eigenvalue weighted by molar-refractivity contribution is 0.0833. The highest BCUT2D eigenvalue weighted by Crippen LogP contribution is 2.29. The number of aromatic nitrogens is 5. The van der Waals surface area contributed by atoms with E-state index in [4.69, 9.17) is 16.3 Å². The first kappa shape index (κ1) is 16.4. The number of carbonyl (C=O) groups excluding carboxylic acids is 1. The van der Waals surface area contributed by atoms with E-state index in [1.165, 1.54) is 17.2 Å². The average Bonchev–Trinajstić information content (AvgIpc) is 3.14. The van der Waals surface area contributed by atoms with E-state index in [2.05, 4.69) is 25.1 Å². The third-order valence-electron chi connectivity index (χ3n) is 3.94.